The number of nitrogens with two attached hydrogens (primary N) is 2. The van der Waals surface area contributed by atoms with E-state index in [1.54, 1.807) is 0 Å². The fourth-order valence-corrected chi connectivity index (χ4v) is 1.30. The van der Waals surface area contributed by atoms with Crippen molar-refractivity contribution in [2.45, 2.75) is 0 Å². The lowest BCUT2D eigenvalue weighted by Crippen LogP contribution is -1.98. The van der Waals surface area contributed by atoms with Crippen molar-refractivity contribution in [1.82, 2.24) is 0 Å². The molecule has 1 rings (SSSR count). The average Bonchev–Trinajstić information content (AvgIpc) is 2.01. The molecule has 4 N–H and O–H groups in total. The van der Waals surface area contributed by atoms with E-state index in [1.807, 2.05) is 0 Å². The molecule has 0 bridgehead atoms. The van der Waals surface area contributed by atoms with Crippen LogP contribution in [0.15, 0.2) is 6.07 Å². The molecule has 1 aromatic carbocycles. The third kappa shape index (κ3) is 1.33. The zero-order chi connectivity index (χ0) is 9.30. The molecule has 0 aliphatic carbocycles. The largest absolute Gasteiger partial charge is 0.398 e. The number of benzene rings is 1. The first kappa shape index (κ1) is 9.16. The Morgan fingerprint density at radius 2 is 1.92 bits per heavy atom. The predicted octanol–water partition coefficient (Wildman–Crippen LogP) is 1.97. The second-order valence-corrected chi connectivity index (χ2v) is 2.99. The van der Waals surface area contributed by atoms with Gasteiger partial charge in [-0.3, -0.25) is 4.79 Å². The van der Waals surface area contributed by atoms with Gasteiger partial charge < -0.3 is 11.5 Å². The van der Waals surface area contributed by atoms with Crippen molar-refractivity contribution in [3.8, 4) is 0 Å². The minimum absolute atomic E-state index is 0.106. The standard InChI is InChI=1S/C7H6Cl2N2O/c8-4-1-5(10)3(2-12)6(9)7(4)11/h1-2H,10-11H2. The van der Waals surface area contributed by atoms with Crippen molar-refractivity contribution in [3.05, 3.63) is 21.7 Å². The third-order valence-corrected chi connectivity index (χ3v) is 2.16. The second kappa shape index (κ2) is 3.21. The summed E-state index contributed by atoms with van der Waals surface area (Å²) in [4.78, 5) is 10.4. The van der Waals surface area contributed by atoms with Crippen LogP contribution in [0.1, 0.15) is 10.4 Å². The molecule has 0 fully saturated rings. The first-order chi connectivity index (χ1) is 5.57. The van der Waals surface area contributed by atoms with Gasteiger partial charge in [-0.2, -0.15) is 0 Å². The van der Waals surface area contributed by atoms with Crippen molar-refractivity contribution in [1.29, 1.82) is 0 Å². The monoisotopic (exact) mass is 204 g/mol. The maximum Gasteiger partial charge on any atom is 0.153 e. The highest BCUT2D eigenvalue weighted by Gasteiger charge is 2.10. The quantitative estimate of drug-likeness (QED) is 0.543. The third-order valence-electron chi connectivity index (χ3n) is 1.44. The van der Waals surface area contributed by atoms with Gasteiger partial charge in [0.1, 0.15) is 0 Å². The van der Waals surface area contributed by atoms with Gasteiger partial charge in [-0.1, -0.05) is 23.2 Å². The van der Waals surface area contributed by atoms with E-state index in [9.17, 15) is 4.79 Å². The molecule has 0 unspecified atom stereocenters. The topological polar surface area (TPSA) is 69.1 Å². The highest BCUT2D eigenvalue weighted by atomic mass is 35.5. The molecule has 1 aromatic rings. The van der Waals surface area contributed by atoms with E-state index in [0.29, 0.717) is 6.29 Å². The molecule has 0 radical (unpaired) electrons. The summed E-state index contributed by atoms with van der Waals surface area (Å²) in [7, 11) is 0. The van der Waals surface area contributed by atoms with Crippen LogP contribution in [0.25, 0.3) is 0 Å². The number of carbonyl (C=O) groups is 1. The van der Waals surface area contributed by atoms with Gasteiger partial charge in [0.15, 0.2) is 6.29 Å². The van der Waals surface area contributed by atoms with E-state index in [4.69, 9.17) is 34.7 Å². The fourth-order valence-electron chi connectivity index (χ4n) is 0.788. The van der Waals surface area contributed by atoms with Crippen LogP contribution in [0.2, 0.25) is 10.0 Å². The van der Waals surface area contributed by atoms with E-state index in [-0.39, 0.29) is 27.0 Å². The van der Waals surface area contributed by atoms with Crippen LogP contribution in [0.3, 0.4) is 0 Å². The van der Waals surface area contributed by atoms with Crippen LogP contribution in [-0.2, 0) is 0 Å². The molecule has 0 aliphatic heterocycles. The Morgan fingerprint density at radius 1 is 1.33 bits per heavy atom. The molecule has 0 amide bonds. The molecule has 5 heteroatoms. The number of nitrogen functional groups attached to an aromatic ring is 2. The number of carbonyl (C=O) groups excluding carboxylic acids is 1. The van der Waals surface area contributed by atoms with Crippen molar-refractivity contribution >= 4 is 40.9 Å². The summed E-state index contributed by atoms with van der Waals surface area (Å²) in [6.07, 6.45) is 0.546. The second-order valence-electron chi connectivity index (χ2n) is 2.21. The van der Waals surface area contributed by atoms with Crippen LogP contribution in [0.4, 0.5) is 11.4 Å². The molecule has 0 saturated carbocycles. The van der Waals surface area contributed by atoms with Crippen molar-refractivity contribution in [2.75, 3.05) is 11.5 Å². The molecule has 3 nitrogen and oxygen atoms in total. The number of hydrogen-bond acceptors (Lipinski definition) is 3. The zero-order valence-electron chi connectivity index (χ0n) is 5.97. The summed E-state index contributed by atoms with van der Waals surface area (Å²) in [6, 6.07) is 1.40. The Kier molecular flexibility index (Phi) is 2.45. The van der Waals surface area contributed by atoms with Crippen LogP contribution in [-0.4, -0.2) is 6.29 Å². The van der Waals surface area contributed by atoms with Crippen molar-refractivity contribution in [2.24, 2.45) is 0 Å². The summed E-state index contributed by atoms with van der Waals surface area (Å²) in [6.45, 7) is 0. The van der Waals surface area contributed by atoms with E-state index in [2.05, 4.69) is 0 Å². The number of halogens is 2. The van der Waals surface area contributed by atoms with E-state index in [0.717, 1.165) is 0 Å². The molecule has 0 aromatic heterocycles. The molecular formula is C7H6Cl2N2O. The van der Waals surface area contributed by atoms with Crippen LogP contribution < -0.4 is 11.5 Å². The van der Waals surface area contributed by atoms with Gasteiger partial charge in [-0.15, -0.1) is 0 Å². The summed E-state index contributed by atoms with van der Waals surface area (Å²) < 4.78 is 0. The maximum absolute atomic E-state index is 10.4. The average molecular weight is 205 g/mol. The lowest BCUT2D eigenvalue weighted by Gasteiger charge is -2.05. The molecule has 0 saturated heterocycles. The van der Waals surface area contributed by atoms with Gasteiger partial charge in [0, 0.05) is 5.69 Å². The highest BCUT2D eigenvalue weighted by Crippen LogP contribution is 2.33. The summed E-state index contributed by atoms with van der Waals surface area (Å²) in [5.74, 6) is 0. The Balaban J connectivity index is 3.51. The number of anilines is 2. The van der Waals surface area contributed by atoms with Crippen LogP contribution in [0.5, 0.6) is 0 Å². The lowest BCUT2D eigenvalue weighted by molar-refractivity contribution is 0.112. The van der Waals surface area contributed by atoms with Gasteiger partial charge in [-0.25, -0.2) is 0 Å². The molecule has 12 heavy (non-hydrogen) atoms. The van der Waals surface area contributed by atoms with Gasteiger partial charge >= 0.3 is 0 Å². The molecular weight excluding hydrogens is 199 g/mol. The Labute approximate surface area is 79.2 Å². The predicted molar refractivity (Wildman–Crippen MR) is 50.7 cm³/mol. The normalized spacial score (nSPS) is 9.83. The maximum atomic E-state index is 10.4. The molecule has 0 heterocycles. The molecule has 64 valence electrons. The Hall–Kier alpha value is -0.930. The van der Waals surface area contributed by atoms with E-state index < -0.39 is 0 Å². The first-order valence-corrected chi connectivity index (χ1v) is 3.81. The number of aldehydes is 1. The molecule has 0 aliphatic rings. The van der Waals surface area contributed by atoms with Gasteiger partial charge in [-0.05, 0) is 6.07 Å². The minimum atomic E-state index is 0.106. The summed E-state index contributed by atoms with van der Waals surface area (Å²) >= 11 is 11.3. The SMILES string of the molecule is Nc1cc(Cl)c(N)c(Cl)c1C=O. The van der Waals surface area contributed by atoms with Gasteiger partial charge in [0.05, 0.1) is 21.3 Å². The van der Waals surface area contributed by atoms with Gasteiger partial charge in [0.25, 0.3) is 0 Å². The zero-order valence-corrected chi connectivity index (χ0v) is 7.49. The summed E-state index contributed by atoms with van der Waals surface area (Å²) in [5, 5.41) is 0.359. The number of rotatable bonds is 1. The first-order valence-electron chi connectivity index (χ1n) is 3.06. The van der Waals surface area contributed by atoms with Crippen molar-refractivity contribution in [3.63, 3.8) is 0 Å². The summed E-state index contributed by atoms with van der Waals surface area (Å²) in [5.41, 5.74) is 11.5. The highest BCUT2D eigenvalue weighted by molar-refractivity contribution is 6.41. The lowest BCUT2D eigenvalue weighted by atomic mass is 10.2. The Morgan fingerprint density at radius 3 is 2.42 bits per heavy atom. The van der Waals surface area contributed by atoms with Crippen LogP contribution >= 0.6 is 23.2 Å². The van der Waals surface area contributed by atoms with E-state index >= 15 is 0 Å². The number of hydrogen-bond donors (Lipinski definition) is 2. The molecule has 0 spiro atoms. The van der Waals surface area contributed by atoms with Crippen molar-refractivity contribution < 1.29 is 4.79 Å². The Bertz CT molecular complexity index is 339. The molecule has 0 atom stereocenters. The van der Waals surface area contributed by atoms with Crippen LogP contribution in [0, 0.1) is 0 Å². The minimum Gasteiger partial charge on any atom is -0.398 e. The van der Waals surface area contributed by atoms with E-state index in [1.165, 1.54) is 6.07 Å². The van der Waals surface area contributed by atoms with Gasteiger partial charge in [0.2, 0.25) is 0 Å². The fraction of sp³-hybridized carbons (Fsp3) is 0. The smallest absolute Gasteiger partial charge is 0.153 e.